The van der Waals surface area contributed by atoms with E-state index < -0.39 is 0 Å². The fourth-order valence-corrected chi connectivity index (χ4v) is 2.94. The topological polar surface area (TPSA) is 58.3 Å². The highest BCUT2D eigenvalue weighted by atomic mass is 15.4. The summed E-state index contributed by atoms with van der Waals surface area (Å²) in [5, 5.41) is 7.54. The van der Waals surface area contributed by atoms with Crippen LogP contribution >= 0.6 is 0 Å². The SMILES string of the molecule is CNCCC1CCN(c2cc(C)nc3ncnn23)CC1. The van der Waals surface area contributed by atoms with Crippen LogP contribution in [0.4, 0.5) is 5.82 Å². The lowest BCUT2D eigenvalue weighted by atomic mass is 9.93. The van der Waals surface area contributed by atoms with Gasteiger partial charge in [0.1, 0.15) is 12.1 Å². The van der Waals surface area contributed by atoms with Gasteiger partial charge in [-0.2, -0.15) is 14.6 Å². The highest BCUT2D eigenvalue weighted by molar-refractivity contribution is 5.47. The van der Waals surface area contributed by atoms with Gasteiger partial charge in [-0.3, -0.25) is 0 Å². The van der Waals surface area contributed by atoms with Crippen molar-refractivity contribution in [3.05, 3.63) is 18.1 Å². The first-order valence-corrected chi connectivity index (χ1v) is 7.35. The molecule has 20 heavy (non-hydrogen) atoms. The van der Waals surface area contributed by atoms with Crippen molar-refractivity contribution >= 4 is 11.6 Å². The highest BCUT2D eigenvalue weighted by Crippen LogP contribution is 2.25. The molecule has 1 aliphatic rings. The first-order chi connectivity index (χ1) is 9.78. The maximum Gasteiger partial charge on any atom is 0.254 e. The number of piperidine rings is 1. The van der Waals surface area contributed by atoms with E-state index in [2.05, 4.69) is 31.3 Å². The van der Waals surface area contributed by atoms with Gasteiger partial charge in [0.2, 0.25) is 0 Å². The van der Waals surface area contributed by atoms with Gasteiger partial charge in [0, 0.05) is 24.8 Å². The Labute approximate surface area is 119 Å². The zero-order chi connectivity index (χ0) is 13.9. The molecule has 1 aliphatic heterocycles. The average molecular weight is 274 g/mol. The van der Waals surface area contributed by atoms with E-state index in [0.717, 1.165) is 37.1 Å². The molecule has 0 bridgehead atoms. The van der Waals surface area contributed by atoms with E-state index in [1.165, 1.54) is 19.3 Å². The summed E-state index contributed by atoms with van der Waals surface area (Å²) < 4.78 is 1.85. The van der Waals surface area contributed by atoms with Crippen molar-refractivity contribution in [3.63, 3.8) is 0 Å². The molecule has 3 rings (SSSR count). The second kappa shape index (κ2) is 5.75. The number of aromatic nitrogens is 4. The smallest absolute Gasteiger partial charge is 0.254 e. The predicted octanol–water partition coefficient (Wildman–Crippen LogP) is 1.26. The molecule has 108 valence electrons. The first kappa shape index (κ1) is 13.3. The minimum atomic E-state index is 0.692. The van der Waals surface area contributed by atoms with Crippen LogP contribution in [0.3, 0.4) is 0 Å². The van der Waals surface area contributed by atoms with E-state index in [-0.39, 0.29) is 0 Å². The van der Waals surface area contributed by atoms with Gasteiger partial charge in [-0.05, 0) is 45.7 Å². The summed E-state index contributed by atoms with van der Waals surface area (Å²) in [6.07, 6.45) is 5.35. The maximum absolute atomic E-state index is 4.40. The molecule has 2 aromatic rings. The molecule has 0 atom stereocenters. The highest BCUT2D eigenvalue weighted by Gasteiger charge is 2.21. The third-order valence-corrected chi connectivity index (χ3v) is 4.10. The number of anilines is 1. The summed E-state index contributed by atoms with van der Waals surface area (Å²) in [6, 6.07) is 2.11. The molecule has 3 heterocycles. The molecule has 6 heteroatoms. The van der Waals surface area contributed by atoms with E-state index in [9.17, 15) is 0 Å². The van der Waals surface area contributed by atoms with Crippen LogP contribution in [-0.2, 0) is 0 Å². The number of nitrogens with one attached hydrogen (secondary N) is 1. The normalized spacial score (nSPS) is 17.0. The van der Waals surface area contributed by atoms with Crippen LogP contribution in [-0.4, -0.2) is 46.3 Å². The molecule has 1 N–H and O–H groups in total. The molecule has 0 saturated carbocycles. The van der Waals surface area contributed by atoms with Crippen molar-refractivity contribution in [2.24, 2.45) is 5.92 Å². The van der Waals surface area contributed by atoms with Crippen LogP contribution in [0.15, 0.2) is 12.4 Å². The molecule has 0 aromatic carbocycles. The summed E-state index contributed by atoms with van der Waals surface area (Å²) in [4.78, 5) is 11.0. The van der Waals surface area contributed by atoms with Gasteiger partial charge in [-0.25, -0.2) is 4.98 Å². The molecular weight excluding hydrogens is 252 g/mol. The number of aryl methyl sites for hydroxylation is 1. The summed E-state index contributed by atoms with van der Waals surface area (Å²) in [6.45, 7) is 5.31. The Hall–Kier alpha value is -1.69. The van der Waals surface area contributed by atoms with Crippen LogP contribution in [0.2, 0.25) is 0 Å². The predicted molar refractivity (Wildman–Crippen MR) is 79.0 cm³/mol. The second-order valence-electron chi connectivity index (χ2n) is 5.55. The molecule has 0 unspecified atom stereocenters. The molecule has 0 amide bonds. The lowest BCUT2D eigenvalue weighted by Crippen LogP contribution is -2.35. The quantitative estimate of drug-likeness (QED) is 0.909. The molecule has 6 nitrogen and oxygen atoms in total. The van der Waals surface area contributed by atoms with E-state index in [0.29, 0.717) is 5.78 Å². The van der Waals surface area contributed by atoms with Crippen molar-refractivity contribution < 1.29 is 0 Å². The zero-order valence-corrected chi connectivity index (χ0v) is 12.2. The fraction of sp³-hybridized carbons (Fsp3) is 0.643. The lowest BCUT2D eigenvalue weighted by Gasteiger charge is -2.33. The Bertz CT molecular complexity index is 570. The number of hydrogen-bond donors (Lipinski definition) is 1. The lowest BCUT2D eigenvalue weighted by molar-refractivity contribution is 0.376. The fourth-order valence-electron chi connectivity index (χ4n) is 2.94. The van der Waals surface area contributed by atoms with Crippen LogP contribution in [0, 0.1) is 12.8 Å². The number of nitrogens with zero attached hydrogens (tertiary/aromatic N) is 5. The number of fused-ring (bicyclic) bond motifs is 1. The number of rotatable bonds is 4. The molecule has 0 spiro atoms. The Morgan fingerprint density at radius 2 is 2.15 bits per heavy atom. The van der Waals surface area contributed by atoms with E-state index in [1.807, 2.05) is 18.5 Å². The van der Waals surface area contributed by atoms with Crippen molar-refractivity contribution in [2.45, 2.75) is 26.2 Å². The number of hydrogen-bond acceptors (Lipinski definition) is 5. The molecule has 0 radical (unpaired) electrons. The maximum atomic E-state index is 4.40. The van der Waals surface area contributed by atoms with Crippen molar-refractivity contribution in [1.82, 2.24) is 24.9 Å². The van der Waals surface area contributed by atoms with Crippen molar-refractivity contribution in [2.75, 3.05) is 31.6 Å². The van der Waals surface area contributed by atoms with E-state index in [4.69, 9.17) is 0 Å². The van der Waals surface area contributed by atoms with Crippen molar-refractivity contribution in [3.8, 4) is 0 Å². The van der Waals surface area contributed by atoms with Gasteiger partial charge in [0.05, 0.1) is 0 Å². The molecule has 1 saturated heterocycles. The standard InChI is InChI=1S/C14H22N6/c1-11-9-13(20-14(18-11)16-10-17-20)19-7-4-12(5-8-19)3-6-15-2/h9-10,12,15H,3-8H2,1-2H3. The molecule has 2 aromatic heterocycles. The van der Waals surface area contributed by atoms with Gasteiger partial charge in [0.15, 0.2) is 0 Å². The summed E-state index contributed by atoms with van der Waals surface area (Å²) >= 11 is 0. The largest absolute Gasteiger partial charge is 0.356 e. The molecule has 1 fully saturated rings. The van der Waals surface area contributed by atoms with Gasteiger partial charge in [-0.15, -0.1) is 0 Å². The minimum absolute atomic E-state index is 0.692. The summed E-state index contributed by atoms with van der Waals surface area (Å²) in [7, 11) is 2.02. The molecule has 0 aliphatic carbocycles. The monoisotopic (exact) mass is 274 g/mol. The Balaban J connectivity index is 1.75. The van der Waals surface area contributed by atoms with E-state index in [1.54, 1.807) is 6.33 Å². The van der Waals surface area contributed by atoms with E-state index >= 15 is 0 Å². The van der Waals surface area contributed by atoms with Crippen molar-refractivity contribution in [1.29, 1.82) is 0 Å². The third kappa shape index (κ3) is 2.60. The summed E-state index contributed by atoms with van der Waals surface area (Å²) in [5.41, 5.74) is 0.998. The van der Waals surface area contributed by atoms with Crippen LogP contribution in [0.25, 0.3) is 5.78 Å². The summed E-state index contributed by atoms with van der Waals surface area (Å²) in [5.74, 6) is 2.65. The van der Waals surface area contributed by atoms with Crippen LogP contribution in [0.5, 0.6) is 0 Å². The van der Waals surface area contributed by atoms with Crippen LogP contribution < -0.4 is 10.2 Å². The first-order valence-electron chi connectivity index (χ1n) is 7.35. The Morgan fingerprint density at radius 3 is 2.90 bits per heavy atom. The van der Waals surface area contributed by atoms with Gasteiger partial charge < -0.3 is 10.2 Å². The van der Waals surface area contributed by atoms with Gasteiger partial charge in [0.25, 0.3) is 5.78 Å². The third-order valence-electron chi connectivity index (χ3n) is 4.10. The van der Waals surface area contributed by atoms with Gasteiger partial charge in [-0.1, -0.05) is 0 Å². The zero-order valence-electron chi connectivity index (χ0n) is 12.2. The second-order valence-corrected chi connectivity index (χ2v) is 5.55. The Kier molecular flexibility index (Phi) is 3.82. The minimum Gasteiger partial charge on any atom is -0.356 e. The average Bonchev–Trinajstić information content (AvgIpc) is 2.93. The van der Waals surface area contributed by atoms with Gasteiger partial charge >= 0.3 is 0 Å². The molecular formula is C14H22N6. The Morgan fingerprint density at radius 1 is 1.35 bits per heavy atom. The van der Waals surface area contributed by atoms with Crippen LogP contribution in [0.1, 0.15) is 25.0 Å².